The molecule has 146 valence electrons. The summed E-state index contributed by atoms with van der Waals surface area (Å²) < 4.78 is 7.51. The molecule has 3 rings (SSSR count). The van der Waals surface area contributed by atoms with E-state index in [0.29, 0.717) is 23.9 Å². The fraction of sp³-hybridized carbons (Fsp3) is 0.333. The fourth-order valence-electron chi connectivity index (χ4n) is 2.71. The molecule has 0 atom stereocenters. The minimum absolute atomic E-state index is 0.0244. The SMILES string of the molecule is CCCCC(=O)Nc1ccc(Oc2ccc(-n3nc(C)c(C)c3C)nn2)cc1. The van der Waals surface area contributed by atoms with E-state index in [1.807, 2.05) is 26.8 Å². The van der Waals surface area contributed by atoms with Crippen molar-refractivity contribution >= 4 is 11.6 Å². The Kier molecular flexibility index (Phi) is 6.03. The predicted octanol–water partition coefficient (Wildman–Crippen LogP) is 4.51. The number of benzene rings is 1. The topological polar surface area (TPSA) is 81.9 Å². The normalized spacial score (nSPS) is 10.7. The van der Waals surface area contributed by atoms with E-state index in [2.05, 4.69) is 27.5 Å². The number of amides is 1. The van der Waals surface area contributed by atoms with Crippen molar-refractivity contribution in [2.24, 2.45) is 0 Å². The van der Waals surface area contributed by atoms with E-state index in [4.69, 9.17) is 4.74 Å². The first-order valence-corrected chi connectivity index (χ1v) is 9.42. The molecule has 3 aromatic rings. The first-order chi connectivity index (χ1) is 13.5. The van der Waals surface area contributed by atoms with Crippen molar-refractivity contribution in [3.8, 4) is 17.4 Å². The Hall–Kier alpha value is -3.22. The highest BCUT2D eigenvalue weighted by Crippen LogP contribution is 2.22. The number of unbranched alkanes of at least 4 members (excludes halogenated alkanes) is 1. The monoisotopic (exact) mass is 379 g/mol. The zero-order chi connectivity index (χ0) is 20.1. The van der Waals surface area contributed by atoms with E-state index in [0.717, 1.165) is 35.5 Å². The standard InChI is InChI=1S/C21H25N5O2/c1-5-6-7-20(27)22-17-8-10-18(11-9-17)28-21-13-12-19(23-24-21)26-16(4)14(2)15(3)25-26/h8-13H,5-7H2,1-4H3,(H,22,27). The van der Waals surface area contributed by atoms with Gasteiger partial charge in [-0.15, -0.1) is 10.2 Å². The first kappa shape index (κ1) is 19.5. The van der Waals surface area contributed by atoms with Gasteiger partial charge >= 0.3 is 0 Å². The summed E-state index contributed by atoms with van der Waals surface area (Å²) in [7, 11) is 0. The Bertz CT molecular complexity index is 946. The van der Waals surface area contributed by atoms with E-state index in [-0.39, 0.29) is 5.91 Å². The number of carbonyl (C=O) groups is 1. The van der Waals surface area contributed by atoms with E-state index < -0.39 is 0 Å². The lowest BCUT2D eigenvalue weighted by Crippen LogP contribution is -2.10. The Morgan fingerprint density at radius 1 is 1.07 bits per heavy atom. The van der Waals surface area contributed by atoms with Gasteiger partial charge in [0.1, 0.15) is 5.75 Å². The van der Waals surface area contributed by atoms with Crippen molar-refractivity contribution in [3.05, 3.63) is 53.3 Å². The predicted molar refractivity (Wildman–Crippen MR) is 108 cm³/mol. The van der Waals surface area contributed by atoms with Gasteiger partial charge in [-0.25, -0.2) is 4.68 Å². The number of nitrogens with one attached hydrogen (secondary N) is 1. The number of hydrogen-bond acceptors (Lipinski definition) is 5. The molecule has 1 aromatic carbocycles. The lowest BCUT2D eigenvalue weighted by molar-refractivity contribution is -0.116. The molecule has 0 aliphatic heterocycles. The van der Waals surface area contributed by atoms with Crippen LogP contribution in [0.25, 0.3) is 5.82 Å². The van der Waals surface area contributed by atoms with Gasteiger partial charge in [0.05, 0.1) is 5.69 Å². The molecule has 0 radical (unpaired) electrons. The van der Waals surface area contributed by atoms with E-state index in [1.54, 1.807) is 35.0 Å². The highest BCUT2D eigenvalue weighted by atomic mass is 16.5. The molecule has 1 N–H and O–H groups in total. The molecule has 7 nitrogen and oxygen atoms in total. The lowest BCUT2D eigenvalue weighted by Gasteiger charge is -2.08. The third-order valence-electron chi connectivity index (χ3n) is 4.61. The number of nitrogens with zero attached hydrogens (tertiary/aromatic N) is 4. The molecular weight excluding hydrogens is 354 g/mol. The molecule has 0 aliphatic rings. The minimum atomic E-state index is 0.0244. The van der Waals surface area contributed by atoms with Gasteiger partial charge in [-0.3, -0.25) is 4.79 Å². The Labute approximate surface area is 164 Å². The number of aryl methyl sites for hydroxylation is 1. The Balaban J connectivity index is 1.64. The van der Waals surface area contributed by atoms with Gasteiger partial charge in [0.25, 0.3) is 0 Å². The van der Waals surface area contributed by atoms with Gasteiger partial charge in [0.2, 0.25) is 11.8 Å². The Morgan fingerprint density at radius 3 is 2.39 bits per heavy atom. The van der Waals surface area contributed by atoms with E-state index >= 15 is 0 Å². The van der Waals surface area contributed by atoms with Crippen LogP contribution in [0.4, 0.5) is 5.69 Å². The van der Waals surface area contributed by atoms with Crippen LogP contribution in [0.2, 0.25) is 0 Å². The van der Waals surface area contributed by atoms with E-state index in [1.165, 1.54) is 0 Å². The average Bonchev–Trinajstić information content (AvgIpc) is 2.96. The number of anilines is 1. The number of carbonyl (C=O) groups excluding carboxylic acids is 1. The number of rotatable bonds is 7. The van der Waals surface area contributed by atoms with Gasteiger partial charge in [-0.05, 0) is 63.1 Å². The molecule has 0 fully saturated rings. The molecule has 0 unspecified atom stereocenters. The average molecular weight is 379 g/mol. The molecule has 0 aliphatic carbocycles. The lowest BCUT2D eigenvalue weighted by atomic mass is 10.2. The van der Waals surface area contributed by atoms with Crippen LogP contribution in [-0.2, 0) is 4.79 Å². The summed E-state index contributed by atoms with van der Waals surface area (Å²) in [6.45, 7) is 8.08. The second kappa shape index (κ2) is 8.65. The molecule has 1 amide bonds. The number of hydrogen-bond donors (Lipinski definition) is 1. The quantitative estimate of drug-likeness (QED) is 0.653. The fourth-order valence-corrected chi connectivity index (χ4v) is 2.71. The molecule has 2 heterocycles. The third kappa shape index (κ3) is 4.54. The van der Waals surface area contributed by atoms with Crippen LogP contribution in [0.5, 0.6) is 11.6 Å². The highest BCUT2D eigenvalue weighted by Gasteiger charge is 2.11. The summed E-state index contributed by atoms with van der Waals surface area (Å²) in [6, 6.07) is 10.8. The van der Waals surface area contributed by atoms with Gasteiger partial charge in [0.15, 0.2) is 5.82 Å². The van der Waals surface area contributed by atoms with Crippen molar-refractivity contribution in [1.29, 1.82) is 0 Å². The summed E-state index contributed by atoms with van der Waals surface area (Å²) in [5.74, 6) is 1.68. The maximum atomic E-state index is 11.8. The highest BCUT2D eigenvalue weighted by molar-refractivity contribution is 5.90. The van der Waals surface area contributed by atoms with Gasteiger partial charge in [0, 0.05) is 23.9 Å². The molecule has 0 saturated heterocycles. The minimum Gasteiger partial charge on any atom is -0.438 e. The number of ether oxygens (including phenoxy) is 1. The smallest absolute Gasteiger partial charge is 0.238 e. The maximum absolute atomic E-state index is 11.8. The number of aromatic nitrogens is 4. The van der Waals surface area contributed by atoms with Gasteiger partial charge < -0.3 is 10.1 Å². The molecule has 0 spiro atoms. The molecule has 7 heteroatoms. The molecule has 0 saturated carbocycles. The summed E-state index contributed by atoms with van der Waals surface area (Å²) in [5.41, 5.74) is 3.90. The summed E-state index contributed by atoms with van der Waals surface area (Å²) >= 11 is 0. The largest absolute Gasteiger partial charge is 0.438 e. The van der Waals surface area contributed by atoms with E-state index in [9.17, 15) is 4.79 Å². The molecule has 2 aromatic heterocycles. The third-order valence-corrected chi connectivity index (χ3v) is 4.61. The zero-order valence-electron chi connectivity index (χ0n) is 16.7. The van der Waals surface area contributed by atoms with Crippen LogP contribution in [0, 0.1) is 20.8 Å². The summed E-state index contributed by atoms with van der Waals surface area (Å²) in [6.07, 6.45) is 2.42. The van der Waals surface area contributed by atoms with Crippen molar-refractivity contribution in [3.63, 3.8) is 0 Å². The van der Waals surface area contributed by atoms with Crippen LogP contribution in [-0.4, -0.2) is 25.9 Å². The summed E-state index contributed by atoms with van der Waals surface area (Å²) in [4.78, 5) is 11.8. The van der Waals surface area contributed by atoms with Crippen LogP contribution < -0.4 is 10.1 Å². The van der Waals surface area contributed by atoms with Gasteiger partial charge in [-0.2, -0.15) is 5.10 Å². The zero-order valence-corrected chi connectivity index (χ0v) is 16.7. The van der Waals surface area contributed by atoms with Crippen LogP contribution in [0.15, 0.2) is 36.4 Å². The van der Waals surface area contributed by atoms with Crippen molar-refractivity contribution in [2.45, 2.75) is 47.0 Å². The van der Waals surface area contributed by atoms with Gasteiger partial charge in [-0.1, -0.05) is 13.3 Å². The maximum Gasteiger partial charge on any atom is 0.238 e. The van der Waals surface area contributed by atoms with Crippen LogP contribution in [0.1, 0.15) is 43.1 Å². The van der Waals surface area contributed by atoms with Crippen molar-refractivity contribution in [2.75, 3.05) is 5.32 Å². The second-order valence-electron chi connectivity index (χ2n) is 6.72. The van der Waals surface area contributed by atoms with Crippen LogP contribution in [0.3, 0.4) is 0 Å². The first-order valence-electron chi connectivity index (χ1n) is 9.42. The van der Waals surface area contributed by atoms with Crippen LogP contribution >= 0.6 is 0 Å². The van der Waals surface area contributed by atoms with Crippen molar-refractivity contribution < 1.29 is 9.53 Å². The molecular formula is C21H25N5O2. The summed E-state index contributed by atoms with van der Waals surface area (Å²) in [5, 5.41) is 15.7. The second-order valence-corrected chi connectivity index (χ2v) is 6.72. The molecule has 0 bridgehead atoms. The van der Waals surface area contributed by atoms with Crippen molar-refractivity contribution in [1.82, 2.24) is 20.0 Å². The Morgan fingerprint density at radius 2 is 1.82 bits per heavy atom. The molecule has 28 heavy (non-hydrogen) atoms.